The Morgan fingerprint density at radius 1 is 1.38 bits per heavy atom. The summed E-state index contributed by atoms with van der Waals surface area (Å²) in [6.07, 6.45) is 0.970. The van der Waals surface area contributed by atoms with E-state index in [4.69, 9.17) is 14.0 Å². The van der Waals surface area contributed by atoms with Gasteiger partial charge in [-0.1, -0.05) is 5.16 Å². The molecule has 6 nitrogen and oxygen atoms in total. The van der Waals surface area contributed by atoms with Crippen molar-refractivity contribution in [2.45, 2.75) is 25.2 Å². The molecule has 21 heavy (non-hydrogen) atoms. The molecule has 2 aromatic rings. The van der Waals surface area contributed by atoms with E-state index < -0.39 is 0 Å². The van der Waals surface area contributed by atoms with Gasteiger partial charge in [0.05, 0.1) is 12.1 Å². The molecule has 0 unspecified atom stereocenters. The lowest BCUT2D eigenvalue weighted by Gasteiger charge is -2.04. The number of rotatable bonds is 5. The fourth-order valence-electron chi connectivity index (χ4n) is 2.22. The number of methoxy groups -OCH3 is 1. The van der Waals surface area contributed by atoms with Crippen molar-refractivity contribution in [3.63, 3.8) is 0 Å². The van der Waals surface area contributed by atoms with Crippen molar-refractivity contribution in [3.8, 4) is 5.75 Å². The minimum Gasteiger partial charge on any atom is -0.485 e. The van der Waals surface area contributed by atoms with Gasteiger partial charge in [0, 0.05) is 13.7 Å². The largest absolute Gasteiger partial charge is 0.485 e. The van der Waals surface area contributed by atoms with Gasteiger partial charge in [-0.3, -0.25) is 0 Å². The minimum atomic E-state index is -0.302. The van der Waals surface area contributed by atoms with Gasteiger partial charge in [-0.05, 0) is 30.7 Å². The number of halogens is 1. The van der Waals surface area contributed by atoms with Crippen LogP contribution in [0.3, 0.4) is 0 Å². The van der Waals surface area contributed by atoms with Gasteiger partial charge >= 0.3 is 0 Å². The first-order chi connectivity index (χ1) is 10.2. The summed E-state index contributed by atoms with van der Waals surface area (Å²) in [6.45, 7) is 0.945. The van der Waals surface area contributed by atoms with Gasteiger partial charge in [0.15, 0.2) is 6.61 Å². The monoisotopic (exact) mass is 293 g/mol. The molecule has 2 heterocycles. The first kappa shape index (κ1) is 14.0. The number of hydrogen-bond acceptors (Lipinski definition) is 6. The van der Waals surface area contributed by atoms with Crippen LogP contribution in [0, 0.1) is 5.82 Å². The van der Waals surface area contributed by atoms with Crippen molar-refractivity contribution >= 4 is 0 Å². The Bertz CT molecular complexity index is 587. The van der Waals surface area contributed by atoms with E-state index in [2.05, 4.69) is 15.5 Å². The summed E-state index contributed by atoms with van der Waals surface area (Å²) < 4.78 is 28.7. The van der Waals surface area contributed by atoms with Crippen LogP contribution in [0.15, 0.2) is 28.8 Å². The average molecular weight is 293 g/mol. The van der Waals surface area contributed by atoms with Crippen LogP contribution in [0.2, 0.25) is 0 Å². The average Bonchev–Trinajstić information content (AvgIpc) is 3.15. The van der Waals surface area contributed by atoms with Crippen LogP contribution >= 0.6 is 0 Å². The van der Waals surface area contributed by atoms with Crippen LogP contribution in [0.1, 0.15) is 24.2 Å². The topological polar surface area (TPSA) is 69.4 Å². The number of aromatic nitrogens is 2. The summed E-state index contributed by atoms with van der Waals surface area (Å²) in [5, 5.41) is 7.14. The molecule has 0 spiro atoms. The van der Waals surface area contributed by atoms with Gasteiger partial charge in [-0.25, -0.2) is 4.39 Å². The van der Waals surface area contributed by atoms with E-state index in [-0.39, 0.29) is 24.6 Å². The quantitative estimate of drug-likeness (QED) is 0.907. The summed E-state index contributed by atoms with van der Waals surface area (Å²) >= 11 is 0. The maximum Gasteiger partial charge on any atom is 0.244 e. The van der Waals surface area contributed by atoms with Gasteiger partial charge in [-0.15, -0.1) is 0 Å². The molecule has 7 heteroatoms. The van der Waals surface area contributed by atoms with E-state index in [9.17, 15) is 4.39 Å². The molecule has 1 N–H and O–H groups in total. The van der Waals surface area contributed by atoms with Crippen LogP contribution in [0.5, 0.6) is 5.75 Å². The minimum absolute atomic E-state index is 0.0158. The van der Waals surface area contributed by atoms with Crippen molar-refractivity contribution in [3.05, 3.63) is 41.8 Å². The van der Waals surface area contributed by atoms with E-state index in [1.165, 1.54) is 12.1 Å². The Morgan fingerprint density at radius 2 is 2.19 bits per heavy atom. The molecule has 0 radical (unpaired) electrons. The lowest BCUT2D eigenvalue weighted by molar-refractivity contribution is 0.116. The predicted octanol–water partition coefficient (Wildman–Crippen LogP) is 1.84. The summed E-state index contributed by atoms with van der Waals surface area (Å²) in [7, 11) is 1.69. The van der Waals surface area contributed by atoms with Crippen molar-refractivity contribution in [2.75, 3.05) is 13.7 Å². The molecule has 1 aliphatic rings. The smallest absolute Gasteiger partial charge is 0.244 e. The van der Waals surface area contributed by atoms with Crippen LogP contribution < -0.4 is 10.1 Å². The highest BCUT2D eigenvalue weighted by atomic mass is 19.1. The number of nitrogens with one attached hydrogen (secondary N) is 1. The van der Waals surface area contributed by atoms with E-state index >= 15 is 0 Å². The second kappa shape index (κ2) is 6.19. The molecule has 0 bridgehead atoms. The van der Waals surface area contributed by atoms with Crippen molar-refractivity contribution in [1.82, 2.24) is 15.5 Å². The molecule has 1 aliphatic heterocycles. The normalized spacial score (nSPS) is 21.6. The molecule has 3 rings (SSSR count). The SMILES string of the molecule is CO[C@@H]1CN[C@@H](c2nc(COc3ccc(F)cc3)no2)C1. The molecule has 1 aromatic carbocycles. The van der Waals surface area contributed by atoms with E-state index in [0.29, 0.717) is 17.5 Å². The Hall–Kier alpha value is -1.99. The van der Waals surface area contributed by atoms with Gasteiger partial charge < -0.3 is 19.3 Å². The number of nitrogens with zero attached hydrogens (tertiary/aromatic N) is 2. The predicted molar refractivity (Wildman–Crippen MR) is 71.2 cm³/mol. The third kappa shape index (κ3) is 3.37. The Balaban J connectivity index is 1.57. The summed E-state index contributed by atoms with van der Waals surface area (Å²) in [6, 6.07) is 5.80. The molecular formula is C14H16FN3O3. The van der Waals surface area contributed by atoms with Crippen LogP contribution in [-0.4, -0.2) is 29.9 Å². The highest BCUT2D eigenvalue weighted by molar-refractivity contribution is 5.22. The maximum atomic E-state index is 12.8. The second-order valence-corrected chi connectivity index (χ2v) is 4.85. The Morgan fingerprint density at radius 3 is 2.90 bits per heavy atom. The van der Waals surface area contributed by atoms with E-state index in [1.807, 2.05) is 0 Å². The molecule has 2 atom stereocenters. The van der Waals surface area contributed by atoms with E-state index in [1.54, 1.807) is 19.2 Å². The maximum absolute atomic E-state index is 12.8. The van der Waals surface area contributed by atoms with Crippen LogP contribution in [0.25, 0.3) is 0 Å². The third-order valence-corrected chi connectivity index (χ3v) is 3.39. The number of benzene rings is 1. The van der Waals surface area contributed by atoms with Crippen LogP contribution in [0.4, 0.5) is 4.39 Å². The fraction of sp³-hybridized carbons (Fsp3) is 0.429. The van der Waals surface area contributed by atoms with Crippen molar-refractivity contribution in [1.29, 1.82) is 0 Å². The number of hydrogen-bond donors (Lipinski definition) is 1. The summed E-state index contributed by atoms with van der Waals surface area (Å²) in [5.74, 6) is 1.25. The Kier molecular flexibility index (Phi) is 4.12. The van der Waals surface area contributed by atoms with Gasteiger partial charge in [0.25, 0.3) is 0 Å². The molecule has 0 amide bonds. The summed E-state index contributed by atoms with van der Waals surface area (Å²) in [4.78, 5) is 4.30. The second-order valence-electron chi connectivity index (χ2n) is 4.85. The molecule has 1 saturated heterocycles. The van der Waals surface area contributed by atoms with Gasteiger partial charge in [0.1, 0.15) is 11.6 Å². The fourth-order valence-corrected chi connectivity index (χ4v) is 2.22. The van der Waals surface area contributed by atoms with Crippen molar-refractivity contribution < 1.29 is 18.4 Å². The molecule has 0 aliphatic carbocycles. The highest BCUT2D eigenvalue weighted by Gasteiger charge is 2.29. The lowest BCUT2D eigenvalue weighted by atomic mass is 10.2. The first-order valence-electron chi connectivity index (χ1n) is 6.71. The highest BCUT2D eigenvalue weighted by Crippen LogP contribution is 2.23. The van der Waals surface area contributed by atoms with Crippen molar-refractivity contribution in [2.24, 2.45) is 0 Å². The third-order valence-electron chi connectivity index (χ3n) is 3.39. The Labute approximate surface area is 121 Å². The standard InChI is InChI=1S/C14H16FN3O3/c1-19-11-6-12(16-7-11)14-17-13(18-21-14)8-20-10-4-2-9(15)3-5-10/h2-5,11-12,16H,6-8H2,1H3/t11-,12+/m0/s1. The van der Waals surface area contributed by atoms with Crippen LogP contribution in [-0.2, 0) is 11.3 Å². The molecule has 1 fully saturated rings. The molecular weight excluding hydrogens is 277 g/mol. The molecule has 112 valence electrons. The van der Waals surface area contributed by atoms with Gasteiger partial charge in [-0.2, -0.15) is 4.98 Å². The van der Waals surface area contributed by atoms with E-state index in [0.717, 1.165) is 13.0 Å². The lowest BCUT2D eigenvalue weighted by Crippen LogP contribution is -2.16. The zero-order chi connectivity index (χ0) is 14.7. The summed E-state index contributed by atoms with van der Waals surface area (Å²) in [5.41, 5.74) is 0. The molecule has 0 saturated carbocycles. The molecule has 1 aromatic heterocycles. The zero-order valence-corrected chi connectivity index (χ0v) is 11.6. The number of ether oxygens (including phenoxy) is 2. The first-order valence-corrected chi connectivity index (χ1v) is 6.71. The van der Waals surface area contributed by atoms with Gasteiger partial charge in [0.2, 0.25) is 11.7 Å². The zero-order valence-electron chi connectivity index (χ0n) is 11.6.